The van der Waals surface area contributed by atoms with E-state index in [9.17, 15) is 0 Å². The molecule has 1 aliphatic rings. The summed E-state index contributed by atoms with van der Waals surface area (Å²) in [7, 11) is 0. The Labute approximate surface area is 96.5 Å². The van der Waals surface area contributed by atoms with Gasteiger partial charge in [-0.3, -0.25) is 0 Å². The van der Waals surface area contributed by atoms with E-state index >= 15 is 0 Å². The lowest BCUT2D eigenvalue weighted by Gasteiger charge is -2.13. The molecule has 2 rings (SSSR count). The van der Waals surface area contributed by atoms with Gasteiger partial charge in [-0.2, -0.15) is 0 Å². The molecule has 1 aromatic carbocycles. The molecule has 0 aliphatic carbocycles. The summed E-state index contributed by atoms with van der Waals surface area (Å²) in [5.74, 6) is 1.96. The molecule has 1 atom stereocenters. The standard InChI is InChI=1S/C13H19NO2/c1-3-15-13-7-10-4-5-16-12(10)8-11(13)6-9(2)14/h7-9H,3-6,14H2,1-2H3. The van der Waals surface area contributed by atoms with Gasteiger partial charge in [-0.25, -0.2) is 0 Å². The maximum Gasteiger partial charge on any atom is 0.123 e. The number of benzene rings is 1. The van der Waals surface area contributed by atoms with Crippen molar-refractivity contribution in [3.8, 4) is 11.5 Å². The van der Waals surface area contributed by atoms with Gasteiger partial charge in [-0.15, -0.1) is 0 Å². The number of rotatable bonds is 4. The average Bonchev–Trinajstić information content (AvgIpc) is 2.64. The molecule has 1 aliphatic heterocycles. The molecule has 1 heterocycles. The first-order chi connectivity index (χ1) is 7.70. The third-order valence-corrected chi connectivity index (χ3v) is 2.71. The van der Waals surface area contributed by atoms with Gasteiger partial charge in [0.2, 0.25) is 0 Å². The largest absolute Gasteiger partial charge is 0.494 e. The lowest BCUT2D eigenvalue weighted by molar-refractivity contribution is 0.334. The summed E-state index contributed by atoms with van der Waals surface area (Å²) in [6, 6.07) is 4.32. The van der Waals surface area contributed by atoms with Crippen molar-refractivity contribution in [1.29, 1.82) is 0 Å². The van der Waals surface area contributed by atoms with Gasteiger partial charge in [0, 0.05) is 18.0 Å². The zero-order chi connectivity index (χ0) is 11.5. The number of fused-ring (bicyclic) bond motifs is 1. The Morgan fingerprint density at radius 2 is 2.31 bits per heavy atom. The fourth-order valence-corrected chi connectivity index (χ4v) is 2.04. The van der Waals surface area contributed by atoms with Crippen LogP contribution < -0.4 is 15.2 Å². The van der Waals surface area contributed by atoms with Crippen molar-refractivity contribution in [2.24, 2.45) is 5.73 Å². The summed E-state index contributed by atoms with van der Waals surface area (Å²) in [5.41, 5.74) is 8.24. The van der Waals surface area contributed by atoms with E-state index in [2.05, 4.69) is 12.1 Å². The maximum absolute atomic E-state index is 5.84. The van der Waals surface area contributed by atoms with Gasteiger partial charge < -0.3 is 15.2 Å². The molecular weight excluding hydrogens is 202 g/mol. The van der Waals surface area contributed by atoms with E-state index in [0.717, 1.165) is 36.5 Å². The highest BCUT2D eigenvalue weighted by Crippen LogP contribution is 2.33. The van der Waals surface area contributed by atoms with Crippen molar-refractivity contribution in [3.63, 3.8) is 0 Å². The average molecular weight is 221 g/mol. The van der Waals surface area contributed by atoms with Crippen molar-refractivity contribution < 1.29 is 9.47 Å². The number of nitrogens with two attached hydrogens (primary N) is 1. The van der Waals surface area contributed by atoms with Crippen LogP contribution in [0.1, 0.15) is 25.0 Å². The van der Waals surface area contributed by atoms with Crippen molar-refractivity contribution in [2.75, 3.05) is 13.2 Å². The maximum atomic E-state index is 5.84. The zero-order valence-electron chi connectivity index (χ0n) is 9.95. The molecular formula is C13H19NO2. The predicted molar refractivity (Wildman–Crippen MR) is 64.2 cm³/mol. The van der Waals surface area contributed by atoms with Crippen molar-refractivity contribution in [2.45, 2.75) is 32.7 Å². The van der Waals surface area contributed by atoms with E-state index in [1.54, 1.807) is 0 Å². The normalized spacial score (nSPS) is 15.4. The number of ether oxygens (including phenoxy) is 2. The first-order valence-electron chi connectivity index (χ1n) is 5.87. The van der Waals surface area contributed by atoms with Crippen molar-refractivity contribution in [1.82, 2.24) is 0 Å². The van der Waals surface area contributed by atoms with Gasteiger partial charge in [0.15, 0.2) is 0 Å². The molecule has 0 saturated heterocycles. The quantitative estimate of drug-likeness (QED) is 0.844. The van der Waals surface area contributed by atoms with E-state index < -0.39 is 0 Å². The summed E-state index contributed by atoms with van der Waals surface area (Å²) in [6.07, 6.45) is 1.81. The molecule has 0 aromatic heterocycles. The van der Waals surface area contributed by atoms with E-state index in [1.807, 2.05) is 13.8 Å². The van der Waals surface area contributed by atoms with Crippen LogP contribution in [0.25, 0.3) is 0 Å². The van der Waals surface area contributed by atoms with Crippen LogP contribution in [0, 0.1) is 0 Å². The van der Waals surface area contributed by atoms with E-state index in [-0.39, 0.29) is 6.04 Å². The zero-order valence-corrected chi connectivity index (χ0v) is 9.95. The minimum absolute atomic E-state index is 0.138. The van der Waals surface area contributed by atoms with Crippen molar-refractivity contribution in [3.05, 3.63) is 23.3 Å². The topological polar surface area (TPSA) is 44.5 Å². The van der Waals surface area contributed by atoms with Crippen LogP contribution in [0.2, 0.25) is 0 Å². The Hall–Kier alpha value is -1.22. The Balaban J connectivity index is 2.32. The molecule has 1 aromatic rings. The molecule has 3 heteroatoms. The Morgan fingerprint density at radius 3 is 3.00 bits per heavy atom. The summed E-state index contributed by atoms with van der Waals surface area (Å²) in [5, 5.41) is 0. The highest BCUT2D eigenvalue weighted by molar-refractivity contribution is 5.48. The summed E-state index contributed by atoms with van der Waals surface area (Å²) in [6.45, 7) is 5.47. The molecule has 0 bridgehead atoms. The SMILES string of the molecule is CCOc1cc2c(cc1CC(C)N)OCC2. The smallest absolute Gasteiger partial charge is 0.123 e. The first kappa shape index (κ1) is 11.3. The van der Waals surface area contributed by atoms with Crippen LogP contribution in [0.5, 0.6) is 11.5 Å². The molecule has 1 unspecified atom stereocenters. The molecule has 3 nitrogen and oxygen atoms in total. The van der Waals surface area contributed by atoms with Gasteiger partial charge in [0.25, 0.3) is 0 Å². The molecule has 0 radical (unpaired) electrons. The van der Waals surface area contributed by atoms with E-state index in [4.69, 9.17) is 15.2 Å². The minimum Gasteiger partial charge on any atom is -0.494 e. The molecule has 0 saturated carbocycles. The lowest BCUT2D eigenvalue weighted by atomic mass is 10.0. The van der Waals surface area contributed by atoms with Crippen LogP contribution in [0.3, 0.4) is 0 Å². The summed E-state index contributed by atoms with van der Waals surface area (Å²) >= 11 is 0. The Morgan fingerprint density at radius 1 is 1.50 bits per heavy atom. The minimum atomic E-state index is 0.138. The van der Waals surface area contributed by atoms with E-state index in [1.165, 1.54) is 5.56 Å². The Kier molecular flexibility index (Phi) is 3.34. The third kappa shape index (κ3) is 2.30. The monoisotopic (exact) mass is 221 g/mol. The molecule has 16 heavy (non-hydrogen) atoms. The van der Waals surface area contributed by atoms with Gasteiger partial charge in [0.1, 0.15) is 11.5 Å². The van der Waals surface area contributed by atoms with Gasteiger partial charge in [-0.05, 0) is 38.0 Å². The first-order valence-corrected chi connectivity index (χ1v) is 5.87. The van der Waals surface area contributed by atoms with Gasteiger partial charge in [-0.1, -0.05) is 0 Å². The second-order valence-electron chi connectivity index (χ2n) is 4.28. The fourth-order valence-electron chi connectivity index (χ4n) is 2.04. The fraction of sp³-hybridized carbons (Fsp3) is 0.538. The summed E-state index contributed by atoms with van der Waals surface area (Å²) < 4.78 is 11.2. The van der Waals surface area contributed by atoms with Crippen LogP contribution >= 0.6 is 0 Å². The van der Waals surface area contributed by atoms with Crippen LogP contribution in [0.4, 0.5) is 0 Å². The lowest BCUT2D eigenvalue weighted by Crippen LogP contribution is -2.18. The molecule has 0 spiro atoms. The Bertz CT molecular complexity index is 374. The van der Waals surface area contributed by atoms with Gasteiger partial charge >= 0.3 is 0 Å². The number of hydrogen-bond donors (Lipinski definition) is 1. The second kappa shape index (κ2) is 4.74. The van der Waals surface area contributed by atoms with Crippen LogP contribution in [-0.4, -0.2) is 19.3 Å². The predicted octanol–water partition coefficient (Wildman–Crippen LogP) is 1.91. The van der Waals surface area contributed by atoms with Gasteiger partial charge in [0.05, 0.1) is 13.2 Å². The van der Waals surface area contributed by atoms with Crippen LogP contribution in [-0.2, 0) is 12.8 Å². The summed E-state index contributed by atoms with van der Waals surface area (Å²) in [4.78, 5) is 0. The van der Waals surface area contributed by atoms with Crippen molar-refractivity contribution >= 4 is 0 Å². The molecule has 2 N–H and O–H groups in total. The molecule has 0 fully saturated rings. The highest BCUT2D eigenvalue weighted by Gasteiger charge is 2.17. The highest BCUT2D eigenvalue weighted by atomic mass is 16.5. The second-order valence-corrected chi connectivity index (χ2v) is 4.28. The number of hydrogen-bond acceptors (Lipinski definition) is 3. The van der Waals surface area contributed by atoms with E-state index in [0.29, 0.717) is 6.61 Å². The third-order valence-electron chi connectivity index (χ3n) is 2.71. The van der Waals surface area contributed by atoms with Crippen LogP contribution in [0.15, 0.2) is 12.1 Å². The molecule has 0 amide bonds. The molecule has 88 valence electrons.